The Labute approximate surface area is 122 Å². The molecule has 1 aliphatic rings. The van der Waals surface area contributed by atoms with Crippen LogP contribution in [-0.2, 0) is 15.7 Å². The molecule has 20 heavy (non-hydrogen) atoms. The molecule has 2 aromatic rings. The number of aliphatic carboxylic acids is 1. The van der Waals surface area contributed by atoms with Crippen molar-refractivity contribution in [3.63, 3.8) is 0 Å². The Bertz CT molecular complexity index is 492. The van der Waals surface area contributed by atoms with Gasteiger partial charge in [0.25, 0.3) is 0 Å². The number of rotatable bonds is 3. The molecular formula is C17H18O2S. The summed E-state index contributed by atoms with van der Waals surface area (Å²) in [5, 5.41) is 9.78. The quantitative estimate of drug-likeness (QED) is 0.814. The predicted octanol–water partition coefficient (Wildman–Crippen LogP) is 2.64. The Kier molecular flexibility index (Phi) is 5.24. The molecule has 0 heterocycles. The number of carbonyl (C=O) groups excluding carboxylic acids is 1. The monoisotopic (exact) mass is 286 g/mol. The van der Waals surface area contributed by atoms with Gasteiger partial charge < -0.3 is 9.90 Å². The minimum atomic E-state index is -1.08. The van der Waals surface area contributed by atoms with Crippen LogP contribution < -0.4 is 5.11 Å². The standard InChI is InChI=1S/C15H15S.C2H4O2/c1-3-7-13(8-4-1)16(15-11-12-15)14-9-5-2-6-10-14;1-2(3)4/h1-10,15H,11-12H2;1H3,(H,3,4)/q+1;/p-1. The first kappa shape index (κ1) is 14.7. The summed E-state index contributed by atoms with van der Waals surface area (Å²) in [7, 11) is 0.308. The van der Waals surface area contributed by atoms with E-state index in [9.17, 15) is 0 Å². The van der Waals surface area contributed by atoms with Gasteiger partial charge in [0.05, 0.1) is 10.9 Å². The minimum Gasteiger partial charge on any atom is -0.550 e. The number of hydrogen-bond donors (Lipinski definition) is 0. The number of carboxylic acids is 1. The van der Waals surface area contributed by atoms with Gasteiger partial charge in [0.1, 0.15) is 5.25 Å². The van der Waals surface area contributed by atoms with E-state index in [0.29, 0.717) is 10.9 Å². The van der Waals surface area contributed by atoms with Crippen molar-refractivity contribution >= 4 is 16.9 Å². The summed E-state index contributed by atoms with van der Waals surface area (Å²) in [6.45, 7) is 0.972. The predicted molar refractivity (Wildman–Crippen MR) is 80.5 cm³/mol. The smallest absolute Gasteiger partial charge is 0.160 e. The highest BCUT2D eigenvalue weighted by molar-refractivity contribution is 7.97. The third-order valence-corrected chi connectivity index (χ3v) is 5.55. The van der Waals surface area contributed by atoms with E-state index in [1.54, 1.807) is 0 Å². The fourth-order valence-corrected chi connectivity index (χ4v) is 4.51. The molecule has 2 nitrogen and oxygen atoms in total. The molecule has 3 rings (SSSR count). The van der Waals surface area contributed by atoms with Crippen LogP contribution in [0.3, 0.4) is 0 Å². The first-order chi connectivity index (χ1) is 9.68. The molecule has 2 aromatic carbocycles. The second-order valence-corrected chi connectivity index (χ2v) is 6.94. The zero-order valence-electron chi connectivity index (χ0n) is 11.5. The van der Waals surface area contributed by atoms with Crippen LogP contribution in [-0.4, -0.2) is 11.2 Å². The van der Waals surface area contributed by atoms with Crippen molar-refractivity contribution in [2.24, 2.45) is 0 Å². The van der Waals surface area contributed by atoms with E-state index < -0.39 is 5.97 Å². The largest absolute Gasteiger partial charge is 0.550 e. The summed E-state index contributed by atoms with van der Waals surface area (Å²) in [4.78, 5) is 11.9. The third-order valence-electron chi connectivity index (χ3n) is 2.85. The summed E-state index contributed by atoms with van der Waals surface area (Å²) in [6, 6.07) is 21.9. The molecule has 3 heteroatoms. The van der Waals surface area contributed by atoms with Gasteiger partial charge in [0.15, 0.2) is 9.79 Å². The topological polar surface area (TPSA) is 40.1 Å². The maximum Gasteiger partial charge on any atom is 0.160 e. The highest BCUT2D eigenvalue weighted by atomic mass is 32.2. The Morgan fingerprint density at radius 2 is 1.30 bits per heavy atom. The highest BCUT2D eigenvalue weighted by Gasteiger charge is 2.43. The van der Waals surface area contributed by atoms with E-state index in [1.807, 2.05) is 0 Å². The first-order valence-electron chi connectivity index (χ1n) is 6.69. The van der Waals surface area contributed by atoms with Crippen molar-refractivity contribution in [3.8, 4) is 0 Å². The van der Waals surface area contributed by atoms with Crippen LogP contribution in [0.4, 0.5) is 0 Å². The number of hydrogen-bond acceptors (Lipinski definition) is 2. The molecule has 1 saturated carbocycles. The Morgan fingerprint density at radius 3 is 1.60 bits per heavy atom. The minimum absolute atomic E-state index is 0.308. The van der Waals surface area contributed by atoms with Gasteiger partial charge >= 0.3 is 0 Å². The van der Waals surface area contributed by atoms with Crippen LogP contribution in [0.1, 0.15) is 19.8 Å². The Morgan fingerprint density at radius 1 is 0.950 bits per heavy atom. The average Bonchev–Trinajstić information content (AvgIpc) is 3.26. The Balaban J connectivity index is 0.000000328. The van der Waals surface area contributed by atoms with Crippen molar-refractivity contribution < 1.29 is 9.90 Å². The summed E-state index contributed by atoms with van der Waals surface area (Å²) < 4.78 is 0. The lowest BCUT2D eigenvalue weighted by molar-refractivity contribution is -0.302. The summed E-state index contributed by atoms with van der Waals surface area (Å²) in [5.74, 6) is -1.08. The maximum atomic E-state index is 8.89. The van der Waals surface area contributed by atoms with E-state index >= 15 is 0 Å². The molecule has 0 unspecified atom stereocenters. The van der Waals surface area contributed by atoms with Gasteiger partial charge in [0.2, 0.25) is 0 Å². The van der Waals surface area contributed by atoms with Gasteiger partial charge in [-0.15, -0.1) is 0 Å². The van der Waals surface area contributed by atoms with E-state index in [1.165, 1.54) is 22.6 Å². The second-order valence-electron chi connectivity index (χ2n) is 4.65. The molecule has 1 aliphatic carbocycles. The van der Waals surface area contributed by atoms with Crippen molar-refractivity contribution in [2.75, 3.05) is 0 Å². The van der Waals surface area contributed by atoms with Crippen molar-refractivity contribution in [1.82, 2.24) is 0 Å². The van der Waals surface area contributed by atoms with E-state index in [0.717, 1.165) is 12.2 Å². The lowest BCUT2D eigenvalue weighted by Crippen LogP contribution is -2.16. The van der Waals surface area contributed by atoms with E-state index in [2.05, 4.69) is 60.7 Å². The first-order valence-corrected chi connectivity index (χ1v) is 7.98. The molecule has 0 spiro atoms. The van der Waals surface area contributed by atoms with Gasteiger partial charge in [-0.1, -0.05) is 36.4 Å². The summed E-state index contributed by atoms with van der Waals surface area (Å²) >= 11 is 0. The molecule has 1 fully saturated rings. The molecular weight excluding hydrogens is 268 g/mol. The second kappa shape index (κ2) is 7.15. The zero-order chi connectivity index (χ0) is 14.4. The molecule has 0 aliphatic heterocycles. The molecule has 0 atom stereocenters. The molecule has 0 radical (unpaired) electrons. The molecule has 0 saturated heterocycles. The molecule has 0 bridgehead atoms. The van der Waals surface area contributed by atoms with Gasteiger partial charge in [-0.25, -0.2) is 0 Å². The van der Waals surface area contributed by atoms with E-state index in [4.69, 9.17) is 9.90 Å². The van der Waals surface area contributed by atoms with Gasteiger partial charge in [-0.3, -0.25) is 0 Å². The fraction of sp³-hybridized carbons (Fsp3) is 0.235. The number of carbonyl (C=O) groups is 1. The van der Waals surface area contributed by atoms with Gasteiger partial charge in [0, 0.05) is 18.8 Å². The SMILES string of the molecule is CC(=O)[O-].c1ccc([S+](c2ccccc2)C2CC2)cc1. The lowest BCUT2D eigenvalue weighted by atomic mass is 10.4. The average molecular weight is 286 g/mol. The van der Waals surface area contributed by atoms with Crippen LogP contribution in [0.5, 0.6) is 0 Å². The number of benzene rings is 2. The molecule has 0 amide bonds. The van der Waals surface area contributed by atoms with Gasteiger partial charge in [-0.05, 0) is 31.2 Å². The fourth-order valence-electron chi connectivity index (χ4n) is 1.96. The van der Waals surface area contributed by atoms with Gasteiger partial charge in [-0.2, -0.15) is 0 Å². The van der Waals surface area contributed by atoms with Crippen LogP contribution in [0.2, 0.25) is 0 Å². The lowest BCUT2D eigenvalue weighted by Gasteiger charge is -2.06. The molecule has 0 N–H and O–H groups in total. The third kappa shape index (κ3) is 4.42. The van der Waals surface area contributed by atoms with Crippen LogP contribution in [0.25, 0.3) is 0 Å². The van der Waals surface area contributed by atoms with E-state index in [-0.39, 0.29) is 0 Å². The van der Waals surface area contributed by atoms with Crippen molar-refractivity contribution in [1.29, 1.82) is 0 Å². The van der Waals surface area contributed by atoms with Crippen molar-refractivity contribution in [3.05, 3.63) is 60.7 Å². The maximum absolute atomic E-state index is 8.89. The van der Waals surface area contributed by atoms with Crippen LogP contribution in [0, 0.1) is 0 Å². The van der Waals surface area contributed by atoms with Crippen LogP contribution >= 0.6 is 0 Å². The zero-order valence-corrected chi connectivity index (χ0v) is 12.3. The highest BCUT2D eigenvalue weighted by Crippen LogP contribution is 2.39. The summed E-state index contributed by atoms with van der Waals surface area (Å²) in [6.07, 6.45) is 2.79. The normalized spacial score (nSPS) is 13.5. The number of carboxylic acid groups (broad SMARTS) is 1. The molecule has 0 aromatic heterocycles. The van der Waals surface area contributed by atoms with Crippen LogP contribution in [0.15, 0.2) is 70.5 Å². The summed E-state index contributed by atoms with van der Waals surface area (Å²) in [5.41, 5.74) is 0. The Hall–Kier alpha value is -1.74. The van der Waals surface area contributed by atoms with Crippen molar-refractivity contribution in [2.45, 2.75) is 34.8 Å². The molecule has 104 valence electrons.